The molecule has 158 valence electrons. The molecule has 0 saturated heterocycles. The van der Waals surface area contributed by atoms with Crippen molar-refractivity contribution in [2.45, 2.75) is 70.1 Å². The van der Waals surface area contributed by atoms with E-state index in [0.29, 0.717) is 12.4 Å². The monoisotopic (exact) mass is 417 g/mol. The maximum Gasteiger partial charge on any atom is 0.307 e. The fourth-order valence-electron chi connectivity index (χ4n) is 2.76. The van der Waals surface area contributed by atoms with Gasteiger partial charge in [-0.25, -0.2) is 0 Å². The van der Waals surface area contributed by atoms with E-state index in [0.717, 1.165) is 5.76 Å². The highest BCUT2D eigenvalue weighted by Gasteiger charge is 2.18. The Hall–Kier alpha value is -2.21. The van der Waals surface area contributed by atoms with Gasteiger partial charge in [0, 0.05) is 10.9 Å². The van der Waals surface area contributed by atoms with Crippen molar-refractivity contribution >= 4 is 23.6 Å². The van der Waals surface area contributed by atoms with Crippen molar-refractivity contribution in [1.29, 1.82) is 0 Å². The van der Waals surface area contributed by atoms with Crippen molar-refractivity contribution < 1.29 is 18.7 Å². The van der Waals surface area contributed by atoms with E-state index in [-0.39, 0.29) is 35.5 Å². The number of carbonyl (C=O) groups excluding carboxylic acids is 2. The molecule has 1 unspecified atom stereocenters. The van der Waals surface area contributed by atoms with Gasteiger partial charge in [0.05, 0.1) is 18.8 Å². The Morgan fingerprint density at radius 3 is 2.59 bits per heavy atom. The summed E-state index contributed by atoms with van der Waals surface area (Å²) in [6, 6.07) is 9.71. The molecule has 1 atom stereocenters. The lowest BCUT2D eigenvalue weighted by atomic mass is 9.87. The number of ether oxygens (including phenoxy) is 1. The van der Waals surface area contributed by atoms with Gasteiger partial charge in [0.15, 0.2) is 5.76 Å². The number of esters is 1. The molecule has 0 saturated carbocycles. The first-order valence-corrected chi connectivity index (χ1v) is 10.9. The maximum atomic E-state index is 12.3. The Balaban J connectivity index is 1.95. The van der Waals surface area contributed by atoms with Gasteiger partial charge in [0.2, 0.25) is 0 Å². The Bertz CT molecular complexity index is 851. The van der Waals surface area contributed by atoms with E-state index >= 15 is 0 Å². The summed E-state index contributed by atoms with van der Waals surface area (Å²) in [6.45, 7) is 12.5. The second-order valence-electron chi connectivity index (χ2n) is 8.17. The van der Waals surface area contributed by atoms with Crippen LogP contribution in [0.15, 0.2) is 39.6 Å². The third-order valence-electron chi connectivity index (χ3n) is 4.47. The van der Waals surface area contributed by atoms with Crippen LogP contribution in [0.3, 0.4) is 0 Å². The number of amides is 1. The third-order valence-corrected chi connectivity index (χ3v) is 5.64. The van der Waals surface area contributed by atoms with Gasteiger partial charge in [0.1, 0.15) is 5.76 Å². The summed E-state index contributed by atoms with van der Waals surface area (Å²) in [4.78, 5) is 25.0. The zero-order valence-corrected chi connectivity index (χ0v) is 18.9. The molecule has 2 aromatic rings. The van der Waals surface area contributed by atoms with E-state index in [1.165, 1.54) is 16.0 Å². The number of aryl methyl sites for hydroxylation is 1. The van der Waals surface area contributed by atoms with Crippen molar-refractivity contribution in [2.75, 3.05) is 6.61 Å². The fraction of sp³-hybridized carbons (Fsp3) is 0.478. The lowest BCUT2D eigenvalue weighted by Gasteiger charge is -2.20. The Labute approximate surface area is 177 Å². The van der Waals surface area contributed by atoms with Crippen LogP contribution in [-0.4, -0.2) is 24.5 Å². The molecule has 1 aromatic heterocycles. The number of benzene rings is 1. The van der Waals surface area contributed by atoms with Gasteiger partial charge in [-0.1, -0.05) is 32.9 Å². The number of nitrogens with one attached hydrogen (secondary N) is 1. The number of hydrogen-bond donors (Lipinski definition) is 1. The molecule has 0 radical (unpaired) electrons. The quantitative estimate of drug-likeness (QED) is 0.469. The molecule has 29 heavy (non-hydrogen) atoms. The summed E-state index contributed by atoms with van der Waals surface area (Å²) in [5.74, 6) is 0.962. The van der Waals surface area contributed by atoms with Crippen LogP contribution in [0.4, 0.5) is 0 Å². The molecule has 1 N–H and O–H groups in total. The van der Waals surface area contributed by atoms with Crippen LogP contribution in [0.25, 0.3) is 0 Å². The van der Waals surface area contributed by atoms with Gasteiger partial charge < -0.3 is 14.5 Å². The third kappa shape index (κ3) is 6.96. The second kappa shape index (κ2) is 10.0. The number of carbonyl (C=O) groups is 2. The summed E-state index contributed by atoms with van der Waals surface area (Å²) in [7, 11) is 0. The van der Waals surface area contributed by atoms with E-state index in [1.807, 2.05) is 6.07 Å². The average molecular weight is 418 g/mol. The number of hydrogen-bond acceptors (Lipinski definition) is 5. The van der Waals surface area contributed by atoms with E-state index < -0.39 is 0 Å². The summed E-state index contributed by atoms with van der Waals surface area (Å²) >= 11 is 1.70. The molecule has 0 fully saturated rings. The van der Waals surface area contributed by atoms with Crippen LogP contribution in [-0.2, 0) is 20.7 Å². The molecule has 0 bridgehead atoms. The van der Waals surface area contributed by atoms with Crippen molar-refractivity contribution in [3.8, 4) is 0 Å². The molecule has 2 rings (SSSR count). The van der Waals surface area contributed by atoms with E-state index in [2.05, 4.69) is 51.2 Å². The Kier molecular flexibility index (Phi) is 7.96. The van der Waals surface area contributed by atoms with Crippen molar-refractivity contribution in [3.63, 3.8) is 0 Å². The largest absolute Gasteiger partial charge is 0.466 e. The normalized spacial score (nSPS) is 12.5. The summed E-state index contributed by atoms with van der Waals surface area (Å²) in [5.41, 5.74) is 2.61. The molecule has 0 spiro atoms. The molecule has 1 amide bonds. The van der Waals surface area contributed by atoms with Crippen LogP contribution in [0.1, 0.15) is 68.5 Å². The maximum absolute atomic E-state index is 12.3. The molecule has 1 heterocycles. The molecule has 6 heteroatoms. The number of furan rings is 1. The molecule has 1 aromatic carbocycles. The first-order valence-electron chi connectivity index (χ1n) is 9.89. The van der Waals surface area contributed by atoms with Gasteiger partial charge in [-0.3, -0.25) is 9.59 Å². The van der Waals surface area contributed by atoms with Crippen molar-refractivity contribution in [2.24, 2.45) is 0 Å². The summed E-state index contributed by atoms with van der Waals surface area (Å²) in [6.07, 6.45) is 0.131. The van der Waals surface area contributed by atoms with Crippen LogP contribution >= 0.6 is 11.8 Å². The first kappa shape index (κ1) is 23.1. The molecule has 0 aliphatic rings. The predicted octanol–water partition coefficient (Wildman–Crippen LogP) is 5.25. The lowest BCUT2D eigenvalue weighted by molar-refractivity contribution is -0.143. The SMILES string of the molecule is CCOC(=O)CC(C)NC(=O)c1ccc(CSc2cc(C(C)(C)C)ccc2C)o1. The average Bonchev–Trinajstić information content (AvgIpc) is 3.09. The molecular formula is C23H31NO4S. The van der Waals surface area contributed by atoms with Crippen molar-refractivity contribution in [3.05, 3.63) is 53.0 Å². The lowest BCUT2D eigenvalue weighted by Crippen LogP contribution is -2.34. The highest BCUT2D eigenvalue weighted by molar-refractivity contribution is 7.98. The van der Waals surface area contributed by atoms with Gasteiger partial charge in [-0.05, 0) is 55.5 Å². The molecule has 0 aliphatic carbocycles. The summed E-state index contributed by atoms with van der Waals surface area (Å²) in [5, 5.41) is 2.77. The Morgan fingerprint density at radius 1 is 1.21 bits per heavy atom. The zero-order chi connectivity index (χ0) is 21.6. The van der Waals surface area contributed by atoms with Crippen LogP contribution in [0.2, 0.25) is 0 Å². The minimum Gasteiger partial charge on any atom is -0.466 e. The summed E-state index contributed by atoms with van der Waals surface area (Å²) < 4.78 is 10.6. The van der Waals surface area contributed by atoms with E-state index in [9.17, 15) is 9.59 Å². The smallest absolute Gasteiger partial charge is 0.307 e. The standard InChI is InChI=1S/C23H31NO4S/c1-7-27-21(25)12-16(3)24-22(26)19-11-10-18(28-19)14-29-20-13-17(23(4,5)6)9-8-15(20)2/h8-11,13,16H,7,12,14H2,1-6H3,(H,24,26). The highest BCUT2D eigenvalue weighted by Crippen LogP contribution is 2.31. The predicted molar refractivity (Wildman–Crippen MR) is 116 cm³/mol. The van der Waals surface area contributed by atoms with E-state index in [4.69, 9.17) is 9.15 Å². The topological polar surface area (TPSA) is 68.5 Å². The molecule has 5 nitrogen and oxygen atoms in total. The zero-order valence-electron chi connectivity index (χ0n) is 18.1. The highest BCUT2D eigenvalue weighted by atomic mass is 32.2. The minimum absolute atomic E-state index is 0.0964. The van der Waals surface area contributed by atoms with Crippen LogP contribution in [0, 0.1) is 6.92 Å². The second-order valence-corrected chi connectivity index (χ2v) is 9.19. The van der Waals surface area contributed by atoms with Crippen LogP contribution < -0.4 is 5.32 Å². The van der Waals surface area contributed by atoms with Gasteiger partial charge in [-0.2, -0.15) is 0 Å². The molecule has 0 aliphatic heterocycles. The van der Waals surface area contributed by atoms with E-state index in [1.54, 1.807) is 31.7 Å². The molecular weight excluding hydrogens is 386 g/mol. The van der Waals surface area contributed by atoms with Gasteiger partial charge in [-0.15, -0.1) is 11.8 Å². The van der Waals surface area contributed by atoms with Crippen LogP contribution in [0.5, 0.6) is 0 Å². The fourth-order valence-corrected chi connectivity index (χ4v) is 3.72. The Morgan fingerprint density at radius 2 is 1.93 bits per heavy atom. The van der Waals surface area contributed by atoms with Crippen molar-refractivity contribution in [1.82, 2.24) is 5.32 Å². The number of thioether (sulfide) groups is 1. The van der Waals surface area contributed by atoms with Gasteiger partial charge >= 0.3 is 5.97 Å². The number of rotatable bonds is 8. The minimum atomic E-state index is -0.330. The first-order chi connectivity index (χ1) is 13.6. The van der Waals surface area contributed by atoms with Gasteiger partial charge in [0.25, 0.3) is 5.91 Å².